The van der Waals surface area contributed by atoms with Crippen LogP contribution in [0.25, 0.3) is 0 Å². The Morgan fingerprint density at radius 1 is 1.38 bits per heavy atom. The Hall–Kier alpha value is -0.240. The third-order valence-electron chi connectivity index (χ3n) is 2.29. The first-order valence-electron chi connectivity index (χ1n) is 4.03. The maximum Gasteiger partial charge on any atom is 0.181 e. The van der Waals surface area contributed by atoms with Crippen LogP contribution >= 0.6 is 0 Å². The van der Waals surface area contributed by atoms with Crippen LogP contribution in [0.5, 0.6) is 0 Å². The van der Waals surface area contributed by atoms with Gasteiger partial charge in [0.05, 0.1) is 12.6 Å². The van der Waals surface area contributed by atoms with E-state index in [0.717, 1.165) is 0 Å². The van der Waals surface area contributed by atoms with Gasteiger partial charge >= 0.3 is 0 Å². The number of hydrogen-bond acceptors (Lipinski definition) is 6. The van der Waals surface area contributed by atoms with Gasteiger partial charge in [-0.05, 0) is 6.92 Å². The van der Waals surface area contributed by atoms with Gasteiger partial charge in [-0.1, -0.05) is 0 Å². The van der Waals surface area contributed by atoms with Gasteiger partial charge in [0.2, 0.25) is 0 Å². The van der Waals surface area contributed by atoms with Crippen LogP contribution in [0.15, 0.2) is 0 Å². The monoisotopic (exact) mass is 193 g/mol. The minimum Gasteiger partial charge on any atom is -0.394 e. The summed E-state index contributed by atoms with van der Waals surface area (Å²) >= 11 is 0. The van der Waals surface area contributed by atoms with E-state index >= 15 is 0 Å². The Kier molecular flexibility index (Phi) is 2.91. The normalized spacial score (nSPS) is 52.2. The fourth-order valence-corrected chi connectivity index (χ4v) is 1.35. The van der Waals surface area contributed by atoms with Crippen LogP contribution in [-0.2, 0) is 4.74 Å². The molecule has 5 atom stereocenters. The van der Waals surface area contributed by atoms with Crippen LogP contribution in [0.1, 0.15) is 6.92 Å². The molecule has 1 saturated heterocycles. The number of aliphatic hydroxyl groups excluding tert-OH is 3. The van der Waals surface area contributed by atoms with Gasteiger partial charge in [0, 0.05) is 0 Å². The summed E-state index contributed by atoms with van der Waals surface area (Å²) in [6.45, 7) is 0.788. The Balaban J connectivity index is 2.79. The quantitative estimate of drug-likeness (QED) is 0.306. The molecule has 0 aromatic carbocycles. The standard InChI is InChI=1S/C7H15NO5/c1-7(12)6(8)5(11)4(10)3(2-9)13-7/h3-6,9-12H,2,8H2,1H3/t3-,4+,5+,6-,7+/m1/s1. The van der Waals surface area contributed by atoms with E-state index in [1.54, 1.807) is 0 Å². The summed E-state index contributed by atoms with van der Waals surface area (Å²) in [6, 6.07) is -1.09. The van der Waals surface area contributed by atoms with Gasteiger partial charge in [-0.3, -0.25) is 0 Å². The van der Waals surface area contributed by atoms with Crippen molar-refractivity contribution in [2.24, 2.45) is 5.73 Å². The van der Waals surface area contributed by atoms with Gasteiger partial charge in [-0.2, -0.15) is 0 Å². The van der Waals surface area contributed by atoms with Gasteiger partial charge in [0.25, 0.3) is 0 Å². The molecule has 6 heteroatoms. The van der Waals surface area contributed by atoms with Crippen LogP contribution in [0, 0.1) is 0 Å². The molecule has 0 saturated carbocycles. The molecule has 1 heterocycles. The second kappa shape index (κ2) is 3.49. The third-order valence-corrected chi connectivity index (χ3v) is 2.29. The molecule has 0 aliphatic carbocycles. The molecular weight excluding hydrogens is 178 g/mol. The van der Waals surface area contributed by atoms with E-state index in [0.29, 0.717) is 0 Å². The lowest BCUT2D eigenvalue weighted by Gasteiger charge is -2.44. The van der Waals surface area contributed by atoms with Crippen molar-refractivity contribution in [1.82, 2.24) is 0 Å². The van der Waals surface area contributed by atoms with E-state index in [4.69, 9.17) is 15.6 Å². The van der Waals surface area contributed by atoms with E-state index in [1.165, 1.54) is 6.92 Å². The minimum atomic E-state index is -1.73. The van der Waals surface area contributed by atoms with E-state index in [2.05, 4.69) is 0 Å². The summed E-state index contributed by atoms with van der Waals surface area (Å²) < 4.78 is 4.89. The summed E-state index contributed by atoms with van der Waals surface area (Å²) in [4.78, 5) is 0. The SMILES string of the molecule is C[C@]1(O)O[C@H](CO)[C@H](O)[C@H](O)[C@H]1N. The average Bonchev–Trinajstić information content (AvgIpc) is 2.08. The molecule has 0 unspecified atom stereocenters. The number of nitrogens with two attached hydrogens (primary N) is 1. The highest BCUT2D eigenvalue weighted by molar-refractivity contribution is 4.96. The molecule has 0 aromatic heterocycles. The molecule has 0 bridgehead atoms. The maximum atomic E-state index is 9.50. The number of aliphatic hydroxyl groups is 4. The van der Waals surface area contributed by atoms with Gasteiger partial charge in [-0.15, -0.1) is 0 Å². The second-order valence-electron chi connectivity index (χ2n) is 3.40. The Bertz CT molecular complexity index is 184. The van der Waals surface area contributed by atoms with Crippen molar-refractivity contribution in [3.63, 3.8) is 0 Å². The van der Waals surface area contributed by atoms with Crippen molar-refractivity contribution in [3.05, 3.63) is 0 Å². The predicted octanol–water partition coefficient (Wildman–Crippen LogP) is -2.86. The van der Waals surface area contributed by atoms with E-state index in [1.807, 2.05) is 0 Å². The fourth-order valence-electron chi connectivity index (χ4n) is 1.35. The zero-order valence-electron chi connectivity index (χ0n) is 7.29. The van der Waals surface area contributed by atoms with Crippen molar-refractivity contribution in [2.75, 3.05) is 6.61 Å². The summed E-state index contributed by atoms with van der Waals surface area (Å²) in [5, 5.41) is 36.9. The van der Waals surface area contributed by atoms with Crippen LogP contribution in [0.4, 0.5) is 0 Å². The lowest BCUT2D eigenvalue weighted by Crippen LogP contribution is -2.67. The highest BCUT2D eigenvalue weighted by Crippen LogP contribution is 2.25. The molecule has 6 N–H and O–H groups in total. The summed E-state index contributed by atoms with van der Waals surface area (Å²) in [5.74, 6) is -1.73. The molecule has 1 aliphatic heterocycles. The highest BCUT2D eigenvalue weighted by atomic mass is 16.6. The number of ether oxygens (including phenoxy) is 1. The topological polar surface area (TPSA) is 116 Å². The summed E-state index contributed by atoms with van der Waals surface area (Å²) in [5.41, 5.74) is 5.40. The molecule has 0 amide bonds. The first kappa shape index (κ1) is 10.8. The number of rotatable bonds is 1. The molecule has 6 nitrogen and oxygen atoms in total. The molecule has 78 valence electrons. The van der Waals surface area contributed by atoms with Gasteiger partial charge in [0.1, 0.15) is 18.3 Å². The van der Waals surface area contributed by atoms with Crippen molar-refractivity contribution in [2.45, 2.75) is 37.1 Å². The van der Waals surface area contributed by atoms with Crippen molar-refractivity contribution in [1.29, 1.82) is 0 Å². The minimum absolute atomic E-state index is 0.485. The second-order valence-corrected chi connectivity index (χ2v) is 3.40. The van der Waals surface area contributed by atoms with Crippen molar-refractivity contribution < 1.29 is 25.2 Å². The van der Waals surface area contributed by atoms with E-state index in [9.17, 15) is 15.3 Å². The van der Waals surface area contributed by atoms with Crippen molar-refractivity contribution in [3.8, 4) is 0 Å². The lowest BCUT2D eigenvalue weighted by molar-refractivity contribution is -0.305. The zero-order chi connectivity index (χ0) is 10.2. The zero-order valence-corrected chi connectivity index (χ0v) is 7.29. The molecule has 1 rings (SSSR count). The van der Waals surface area contributed by atoms with Crippen LogP contribution in [0.2, 0.25) is 0 Å². The van der Waals surface area contributed by atoms with E-state index in [-0.39, 0.29) is 0 Å². The molecule has 13 heavy (non-hydrogen) atoms. The third kappa shape index (κ3) is 1.83. The Labute approximate surface area is 75.6 Å². The fraction of sp³-hybridized carbons (Fsp3) is 1.00. The Morgan fingerprint density at radius 3 is 2.38 bits per heavy atom. The molecule has 1 aliphatic rings. The smallest absolute Gasteiger partial charge is 0.181 e. The lowest BCUT2D eigenvalue weighted by atomic mass is 9.92. The molecule has 1 fully saturated rings. The van der Waals surface area contributed by atoms with Crippen LogP contribution < -0.4 is 5.73 Å². The largest absolute Gasteiger partial charge is 0.394 e. The maximum absolute atomic E-state index is 9.50. The predicted molar refractivity (Wildman–Crippen MR) is 42.6 cm³/mol. The van der Waals surface area contributed by atoms with Gasteiger partial charge in [-0.25, -0.2) is 0 Å². The Morgan fingerprint density at radius 2 is 1.92 bits per heavy atom. The van der Waals surface area contributed by atoms with Gasteiger partial charge in [0.15, 0.2) is 5.79 Å². The molecule has 0 radical (unpaired) electrons. The van der Waals surface area contributed by atoms with Crippen LogP contribution in [-0.4, -0.2) is 57.2 Å². The summed E-state index contributed by atoms with van der Waals surface area (Å²) in [6.07, 6.45) is -3.59. The molecule has 0 aromatic rings. The van der Waals surface area contributed by atoms with Crippen molar-refractivity contribution >= 4 is 0 Å². The number of hydrogen-bond donors (Lipinski definition) is 5. The summed E-state index contributed by atoms with van der Waals surface area (Å²) in [7, 11) is 0. The molecule has 0 spiro atoms. The first-order chi connectivity index (χ1) is 5.90. The first-order valence-corrected chi connectivity index (χ1v) is 4.03. The highest BCUT2D eigenvalue weighted by Gasteiger charge is 2.48. The molecular formula is C7H15NO5. The van der Waals surface area contributed by atoms with E-state index < -0.39 is 36.7 Å². The van der Waals surface area contributed by atoms with Crippen LogP contribution in [0.3, 0.4) is 0 Å². The average molecular weight is 193 g/mol. The van der Waals surface area contributed by atoms with Gasteiger partial charge < -0.3 is 30.9 Å².